The molecule has 0 bridgehead atoms. The van der Waals surface area contributed by atoms with Crippen LogP contribution < -0.4 is 5.32 Å². The smallest absolute Gasteiger partial charge is 0.348 e. The topological polar surface area (TPSA) is 38.3 Å². The van der Waals surface area contributed by atoms with Crippen molar-refractivity contribution < 1.29 is 9.53 Å². The lowest BCUT2D eigenvalue weighted by Gasteiger charge is -2.05. The van der Waals surface area contributed by atoms with Crippen molar-refractivity contribution in [1.29, 1.82) is 0 Å². The zero-order chi connectivity index (χ0) is 9.84. The summed E-state index contributed by atoms with van der Waals surface area (Å²) in [4.78, 5) is 12.9. The lowest BCUT2D eigenvalue weighted by atomic mass is 10.3. The standard InChI is InChI=1S/C9H13NO2S/c1-6(10-2)7-4-5-8(13-7)9(11)12-3/h4-6,10H,1-3H3. The van der Waals surface area contributed by atoms with E-state index < -0.39 is 0 Å². The lowest BCUT2D eigenvalue weighted by molar-refractivity contribution is 0.0606. The summed E-state index contributed by atoms with van der Waals surface area (Å²) in [6.45, 7) is 2.05. The molecule has 1 heterocycles. The maximum Gasteiger partial charge on any atom is 0.348 e. The first-order chi connectivity index (χ1) is 6.19. The highest BCUT2D eigenvalue weighted by Crippen LogP contribution is 2.23. The number of nitrogens with one attached hydrogen (secondary N) is 1. The van der Waals surface area contributed by atoms with Gasteiger partial charge in [-0.15, -0.1) is 11.3 Å². The number of rotatable bonds is 3. The maximum atomic E-state index is 11.1. The van der Waals surface area contributed by atoms with Gasteiger partial charge in [0.1, 0.15) is 4.88 Å². The largest absolute Gasteiger partial charge is 0.465 e. The molecule has 0 radical (unpaired) electrons. The van der Waals surface area contributed by atoms with Gasteiger partial charge in [0.15, 0.2) is 0 Å². The Morgan fingerprint density at radius 2 is 2.31 bits per heavy atom. The monoisotopic (exact) mass is 199 g/mol. The molecule has 0 spiro atoms. The van der Waals surface area contributed by atoms with E-state index in [1.165, 1.54) is 18.4 Å². The van der Waals surface area contributed by atoms with Gasteiger partial charge in [-0.3, -0.25) is 0 Å². The number of esters is 1. The van der Waals surface area contributed by atoms with Gasteiger partial charge >= 0.3 is 5.97 Å². The van der Waals surface area contributed by atoms with E-state index in [9.17, 15) is 4.79 Å². The average Bonchev–Trinajstić information content (AvgIpc) is 2.64. The molecule has 1 aromatic heterocycles. The summed E-state index contributed by atoms with van der Waals surface area (Å²) in [5.74, 6) is -0.264. The number of hydrogen-bond donors (Lipinski definition) is 1. The summed E-state index contributed by atoms with van der Waals surface area (Å²) in [6.07, 6.45) is 0. The normalized spacial score (nSPS) is 12.5. The summed E-state index contributed by atoms with van der Waals surface area (Å²) in [6, 6.07) is 4.01. The van der Waals surface area contributed by atoms with Crippen molar-refractivity contribution in [3.05, 3.63) is 21.9 Å². The predicted octanol–water partition coefficient (Wildman–Crippen LogP) is 1.82. The summed E-state index contributed by atoms with van der Waals surface area (Å²) >= 11 is 1.46. The first-order valence-corrected chi connectivity index (χ1v) is 4.86. The SMILES string of the molecule is CNC(C)c1ccc(C(=O)OC)s1. The first kappa shape index (κ1) is 10.2. The minimum Gasteiger partial charge on any atom is -0.465 e. The van der Waals surface area contributed by atoms with Crippen LogP contribution >= 0.6 is 11.3 Å². The molecule has 3 nitrogen and oxygen atoms in total. The number of carbonyl (C=O) groups is 1. The Kier molecular flexibility index (Phi) is 3.45. The van der Waals surface area contributed by atoms with Crippen molar-refractivity contribution in [3.63, 3.8) is 0 Å². The molecule has 0 saturated heterocycles. The first-order valence-electron chi connectivity index (χ1n) is 4.04. The molecule has 1 atom stereocenters. The second-order valence-electron chi connectivity index (χ2n) is 2.70. The van der Waals surface area contributed by atoms with Crippen LogP contribution in [-0.4, -0.2) is 20.1 Å². The van der Waals surface area contributed by atoms with E-state index in [4.69, 9.17) is 0 Å². The van der Waals surface area contributed by atoms with Crippen molar-refractivity contribution in [3.8, 4) is 0 Å². The Bertz CT molecular complexity index is 296. The van der Waals surface area contributed by atoms with E-state index in [-0.39, 0.29) is 12.0 Å². The molecule has 0 amide bonds. The van der Waals surface area contributed by atoms with E-state index >= 15 is 0 Å². The highest BCUT2D eigenvalue weighted by Gasteiger charge is 2.11. The van der Waals surface area contributed by atoms with Crippen LogP contribution in [0.25, 0.3) is 0 Å². The van der Waals surface area contributed by atoms with Crippen molar-refractivity contribution in [1.82, 2.24) is 5.32 Å². The number of carbonyl (C=O) groups excluding carboxylic acids is 1. The Labute approximate surface area is 81.7 Å². The molecule has 0 saturated carbocycles. The molecule has 0 aromatic carbocycles. The summed E-state index contributed by atoms with van der Waals surface area (Å²) in [7, 11) is 3.28. The third-order valence-corrected chi connectivity index (χ3v) is 3.12. The van der Waals surface area contributed by atoms with Gasteiger partial charge in [0.25, 0.3) is 0 Å². The van der Waals surface area contributed by atoms with E-state index in [0.29, 0.717) is 4.88 Å². The van der Waals surface area contributed by atoms with Gasteiger partial charge in [-0.1, -0.05) is 0 Å². The predicted molar refractivity (Wildman–Crippen MR) is 53.1 cm³/mol. The van der Waals surface area contributed by atoms with E-state index in [0.717, 1.165) is 4.88 Å². The van der Waals surface area contributed by atoms with E-state index in [2.05, 4.69) is 10.1 Å². The van der Waals surface area contributed by atoms with Crippen LogP contribution in [0, 0.1) is 0 Å². The van der Waals surface area contributed by atoms with Gasteiger partial charge in [0, 0.05) is 10.9 Å². The second-order valence-corrected chi connectivity index (χ2v) is 3.82. The molecule has 1 rings (SSSR count). The minimum atomic E-state index is -0.264. The lowest BCUT2D eigenvalue weighted by Crippen LogP contribution is -2.10. The van der Waals surface area contributed by atoms with Gasteiger partial charge in [-0.2, -0.15) is 0 Å². The minimum absolute atomic E-state index is 0.264. The molecule has 0 aliphatic rings. The van der Waals surface area contributed by atoms with Gasteiger partial charge in [0.2, 0.25) is 0 Å². The third kappa shape index (κ3) is 2.29. The zero-order valence-corrected chi connectivity index (χ0v) is 8.77. The van der Waals surface area contributed by atoms with Crippen LogP contribution in [0.3, 0.4) is 0 Å². The molecule has 4 heteroatoms. The quantitative estimate of drug-likeness (QED) is 0.754. The van der Waals surface area contributed by atoms with Crippen molar-refractivity contribution in [2.75, 3.05) is 14.2 Å². The number of hydrogen-bond acceptors (Lipinski definition) is 4. The number of methoxy groups -OCH3 is 1. The van der Waals surface area contributed by atoms with Crippen LogP contribution in [0.5, 0.6) is 0 Å². The average molecular weight is 199 g/mol. The van der Waals surface area contributed by atoms with Gasteiger partial charge < -0.3 is 10.1 Å². The van der Waals surface area contributed by atoms with Crippen molar-refractivity contribution >= 4 is 17.3 Å². The fourth-order valence-electron chi connectivity index (χ4n) is 0.938. The molecule has 1 unspecified atom stereocenters. The van der Waals surface area contributed by atoms with E-state index in [1.807, 2.05) is 20.0 Å². The summed E-state index contributed by atoms with van der Waals surface area (Å²) < 4.78 is 4.61. The second kappa shape index (κ2) is 4.39. The Morgan fingerprint density at radius 3 is 2.85 bits per heavy atom. The van der Waals surface area contributed by atoms with E-state index in [1.54, 1.807) is 6.07 Å². The Hall–Kier alpha value is -0.870. The zero-order valence-electron chi connectivity index (χ0n) is 7.96. The molecule has 1 aromatic rings. The van der Waals surface area contributed by atoms with Crippen LogP contribution in [0.2, 0.25) is 0 Å². The maximum absolute atomic E-state index is 11.1. The Morgan fingerprint density at radius 1 is 1.62 bits per heavy atom. The third-order valence-electron chi connectivity index (χ3n) is 1.87. The van der Waals surface area contributed by atoms with Crippen molar-refractivity contribution in [2.24, 2.45) is 0 Å². The molecular weight excluding hydrogens is 186 g/mol. The molecule has 13 heavy (non-hydrogen) atoms. The molecule has 72 valence electrons. The highest BCUT2D eigenvalue weighted by molar-refractivity contribution is 7.14. The molecule has 1 N–H and O–H groups in total. The summed E-state index contributed by atoms with van der Waals surface area (Å²) in [5.41, 5.74) is 0. The Balaban J connectivity index is 2.80. The van der Waals surface area contributed by atoms with Crippen LogP contribution in [0.1, 0.15) is 27.5 Å². The van der Waals surface area contributed by atoms with Crippen LogP contribution in [-0.2, 0) is 4.74 Å². The molecule has 0 aliphatic heterocycles. The van der Waals surface area contributed by atoms with Crippen molar-refractivity contribution in [2.45, 2.75) is 13.0 Å². The summed E-state index contributed by atoms with van der Waals surface area (Å²) in [5, 5.41) is 3.11. The molecule has 0 fully saturated rings. The van der Waals surface area contributed by atoms with Gasteiger partial charge in [0.05, 0.1) is 7.11 Å². The molecule has 0 aliphatic carbocycles. The number of ether oxygens (including phenoxy) is 1. The van der Waals surface area contributed by atoms with Crippen LogP contribution in [0.15, 0.2) is 12.1 Å². The number of thiophene rings is 1. The van der Waals surface area contributed by atoms with Gasteiger partial charge in [-0.05, 0) is 26.1 Å². The fourth-order valence-corrected chi connectivity index (χ4v) is 1.93. The van der Waals surface area contributed by atoms with Crippen LogP contribution in [0.4, 0.5) is 0 Å². The fraction of sp³-hybridized carbons (Fsp3) is 0.444. The molecular formula is C9H13NO2S. The van der Waals surface area contributed by atoms with Gasteiger partial charge in [-0.25, -0.2) is 4.79 Å². The highest BCUT2D eigenvalue weighted by atomic mass is 32.1.